The molecule has 6 heteroatoms. The first-order valence-electron chi connectivity index (χ1n) is 4.94. The number of anilines is 1. The number of pyridine rings is 1. The minimum atomic E-state index is 0. The lowest BCUT2D eigenvalue weighted by Crippen LogP contribution is -2.43. The second-order valence-corrected chi connectivity index (χ2v) is 4.42. The molecule has 0 spiro atoms. The van der Waals surface area contributed by atoms with Crippen molar-refractivity contribution in [2.45, 2.75) is 18.5 Å². The van der Waals surface area contributed by atoms with Gasteiger partial charge < -0.3 is 10.2 Å². The molecule has 90 valence electrons. The second kappa shape index (κ2) is 5.41. The van der Waals surface area contributed by atoms with Crippen molar-refractivity contribution in [3.63, 3.8) is 0 Å². The SMILES string of the molecule is Cl.Cl.Clc1ccc(N2C[C@@H]3C[C@H]2CN3)nc1. The van der Waals surface area contributed by atoms with Crippen LogP contribution in [0, 0.1) is 0 Å². The van der Waals surface area contributed by atoms with E-state index < -0.39 is 0 Å². The minimum Gasteiger partial charge on any atom is -0.351 e. The fraction of sp³-hybridized carbons (Fsp3) is 0.500. The lowest BCUT2D eigenvalue weighted by atomic mass is 10.2. The van der Waals surface area contributed by atoms with Crippen molar-refractivity contribution >= 4 is 42.2 Å². The van der Waals surface area contributed by atoms with Crippen LogP contribution in [-0.2, 0) is 0 Å². The van der Waals surface area contributed by atoms with Gasteiger partial charge in [0.2, 0.25) is 0 Å². The van der Waals surface area contributed by atoms with Crippen molar-refractivity contribution in [1.29, 1.82) is 0 Å². The molecule has 1 aromatic heterocycles. The Kier molecular flexibility index (Phi) is 4.68. The predicted molar refractivity (Wildman–Crippen MR) is 71.3 cm³/mol. The Balaban J connectivity index is 0.000000640. The highest BCUT2D eigenvalue weighted by Crippen LogP contribution is 2.28. The average molecular weight is 283 g/mol. The largest absolute Gasteiger partial charge is 0.351 e. The van der Waals surface area contributed by atoms with Crippen LogP contribution >= 0.6 is 36.4 Å². The molecule has 16 heavy (non-hydrogen) atoms. The van der Waals surface area contributed by atoms with Crippen LogP contribution in [0.3, 0.4) is 0 Å². The van der Waals surface area contributed by atoms with Crippen molar-refractivity contribution in [2.75, 3.05) is 18.0 Å². The fourth-order valence-corrected chi connectivity index (χ4v) is 2.49. The summed E-state index contributed by atoms with van der Waals surface area (Å²) >= 11 is 5.80. The highest BCUT2D eigenvalue weighted by molar-refractivity contribution is 6.30. The van der Waals surface area contributed by atoms with Crippen molar-refractivity contribution in [3.8, 4) is 0 Å². The zero-order valence-corrected chi connectivity index (χ0v) is 11.0. The highest BCUT2D eigenvalue weighted by atomic mass is 35.5. The smallest absolute Gasteiger partial charge is 0.128 e. The van der Waals surface area contributed by atoms with E-state index >= 15 is 0 Å². The van der Waals surface area contributed by atoms with E-state index in [0.29, 0.717) is 17.1 Å². The molecule has 1 N–H and O–H groups in total. The fourth-order valence-electron chi connectivity index (χ4n) is 2.38. The molecule has 2 saturated heterocycles. The molecule has 3 heterocycles. The van der Waals surface area contributed by atoms with Crippen LogP contribution in [0.2, 0.25) is 5.02 Å². The minimum absolute atomic E-state index is 0. The van der Waals surface area contributed by atoms with Gasteiger partial charge in [-0.05, 0) is 18.6 Å². The van der Waals surface area contributed by atoms with E-state index in [-0.39, 0.29) is 24.8 Å². The maximum atomic E-state index is 5.80. The van der Waals surface area contributed by atoms with Gasteiger partial charge in [-0.25, -0.2) is 4.98 Å². The third kappa shape index (κ3) is 2.38. The number of nitrogens with zero attached hydrogens (tertiary/aromatic N) is 2. The summed E-state index contributed by atoms with van der Waals surface area (Å²) in [6.45, 7) is 2.17. The Morgan fingerprint density at radius 1 is 1.38 bits per heavy atom. The van der Waals surface area contributed by atoms with E-state index in [1.54, 1.807) is 6.20 Å². The number of hydrogen-bond acceptors (Lipinski definition) is 3. The first kappa shape index (κ1) is 13.8. The van der Waals surface area contributed by atoms with Crippen molar-refractivity contribution in [1.82, 2.24) is 10.3 Å². The van der Waals surface area contributed by atoms with Crippen molar-refractivity contribution in [3.05, 3.63) is 23.4 Å². The van der Waals surface area contributed by atoms with Crippen molar-refractivity contribution in [2.24, 2.45) is 0 Å². The van der Waals surface area contributed by atoms with E-state index in [9.17, 15) is 0 Å². The molecule has 0 aliphatic carbocycles. The van der Waals surface area contributed by atoms with Crippen LogP contribution in [0.15, 0.2) is 18.3 Å². The first-order chi connectivity index (χ1) is 6.83. The summed E-state index contributed by atoms with van der Waals surface area (Å²) in [5, 5.41) is 4.18. The van der Waals surface area contributed by atoms with Gasteiger partial charge in [0.25, 0.3) is 0 Å². The molecule has 2 aliphatic rings. The summed E-state index contributed by atoms with van der Waals surface area (Å²) in [5.74, 6) is 1.06. The van der Waals surface area contributed by atoms with Gasteiger partial charge in [-0.15, -0.1) is 24.8 Å². The zero-order valence-electron chi connectivity index (χ0n) is 8.60. The van der Waals surface area contributed by atoms with E-state index in [2.05, 4.69) is 15.2 Å². The van der Waals surface area contributed by atoms with Gasteiger partial charge in [0.15, 0.2) is 0 Å². The van der Waals surface area contributed by atoms with Gasteiger partial charge in [0.1, 0.15) is 5.82 Å². The van der Waals surface area contributed by atoms with E-state index in [1.807, 2.05) is 12.1 Å². The van der Waals surface area contributed by atoms with E-state index in [0.717, 1.165) is 18.9 Å². The number of aromatic nitrogens is 1. The average Bonchev–Trinajstić information content (AvgIpc) is 2.80. The van der Waals surface area contributed by atoms with E-state index in [1.165, 1.54) is 6.42 Å². The molecule has 1 aromatic rings. The number of rotatable bonds is 1. The number of halogens is 3. The molecule has 3 nitrogen and oxygen atoms in total. The molecule has 2 fully saturated rings. The lowest BCUT2D eigenvalue weighted by molar-refractivity contribution is 0.576. The Hall–Kier alpha value is -0.220. The molecule has 0 unspecified atom stereocenters. The number of hydrogen-bond donors (Lipinski definition) is 1. The number of fused-ring (bicyclic) bond motifs is 2. The topological polar surface area (TPSA) is 28.2 Å². The molecule has 2 atom stereocenters. The molecule has 0 amide bonds. The zero-order chi connectivity index (χ0) is 9.54. The summed E-state index contributed by atoms with van der Waals surface area (Å²) in [7, 11) is 0. The van der Waals surface area contributed by atoms with Crippen LogP contribution in [0.4, 0.5) is 5.82 Å². The third-order valence-electron chi connectivity index (χ3n) is 3.06. The van der Waals surface area contributed by atoms with Crippen LogP contribution in [0.1, 0.15) is 6.42 Å². The molecular formula is C10H14Cl3N3. The molecule has 2 bridgehead atoms. The maximum Gasteiger partial charge on any atom is 0.128 e. The van der Waals surface area contributed by atoms with E-state index in [4.69, 9.17) is 11.6 Å². The molecule has 0 radical (unpaired) electrons. The van der Waals surface area contributed by atoms with Crippen LogP contribution < -0.4 is 10.2 Å². The number of piperazine rings is 1. The van der Waals surface area contributed by atoms with Gasteiger partial charge in [-0.3, -0.25) is 0 Å². The highest BCUT2D eigenvalue weighted by Gasteiger charge is 2.37. The summed E-state index contributed by atoms with van der Waals surface area (Å²) < 4.78 is 0. The van der Waals surface area contributed by atoms with Gasteiger partial charge in [-0.1, -0.05) is 11.6 Å². The predicted octanol–water partition coefficient (Wildman–Crippen LogP) is 2.13. The first-order valence-corrected chi connectivity index (χ1v) is 5.32. The Morgan fingerprint density at radius 2 is 2.19 bits per heavy atom. The Morgan fingerprint density at radius 3 is 2.69 bits per heavy atom. The second-order valence-electron chi connectivity index (χ2n) is 3.98. The quantitative estimate of drug-likeness (QED) is 0.855. The summed E-state index contributed by atoms with van der Waals surface area (Å²) in [6.07, 6.45) is 2.97. The van der Waals surface area contributed by atoms with Gasteiger partial charge in [0.05, 0.1) is 5.02 Å². The van der Waals surface area contributed by atoms with Gasteiger partial charge >= 0.3 is 0 Å². The Labute approximate surface area is 112 Å². The monoisotopic (exact) mass is 281 g/mol. The molecule has 3 rings (SSSR count). The molecular weight excluding hydrogens is 268 g/mol. The summed E-state index contributed by atoms with van der Waals surface area (Å²) in [4.78, 5) is 6.72. The molecule has 0 saturated carbocycles. The Bertz CT molecular complexity index is 344. The summed E-state index contributed by atoms with van der Waals surface area (Å²) in [5.41, 5.74) is 0. The summed E-state index contributed by atoms with van der Waals surface area (Å²) in [6, 6.07) is 5.21. The molecule has 2 aliphatic heterocycles. The van der Waals surface area contributed by atoms with Gasteiger partial charge in [-0.2, -0.15) is 0 Å². The van der Waals surface area contributed by atoms with Crippen LogP contribution in [0.5, 0.6) is 0 Å². The maximum absolute atomic E-state index is 5.80. The van der Waals surface area contributed by atoms with Crippen molar-refractivity contribution < 1.29 is 0 Å². The normalized spacial score (nSPS) is 26.2. The van der Waals surface area contributed by atoms with Gasteiger partial charge in [0, 0.05) is 31.4 Å². The molecule has 0 aromatic carbocycles. The standard InChI is InChI=1S/C10H12ClN3.2ClH/c11-7-1-2-10(13-4-7)14-6-8-3-9(14)5-12-8;;/h1-2,4,8-9,12H,3,5-6H2;2*1H/t8-,9-;;/m0../s1. The third-order valence-corrected chi connectivity index (χ3v) is 3.29. The lowest BCUT2D eigenvalue weighted by Gasteiger charge is -2.28. The number of nitrogens with one attached hydrogen (secondary N) is 1. The van der Waals surface area contributed by atoms with Crippen LogP contribution in [-0.4, -0.2) is 30.2 Å². The van der Waals surface area contributed by atoms with Crippen LogP contribution in [0.25, 0.3) is 0 Å².